The molecule has 1 N–H and O–H groups in total. The summed E-state index contributed by atoms with van der Waals surface area (Å²) >= 11 is 1.43. The molecule has 1 aliphatic carbocycles. The molecule has 0 saturated carbocycles. The zero-order chi connectivity index (χ0) is 20.5. The minimum Gasteiger partial charge on any atom is -0.448 e. The number of hydrogen-bond acceptors (Lipinski definition) is 5. The normalized spacial score (nSPS) is 23.8. The number of esters is 1. The van der Waals surface area contributed by atoms with Gasteiger partial charge >= 0.3 is 5.97 Å². The van der Waals surface area contributed by atoms with Crippen LogP contribution in [0.25, 0.3) is 0 Å². The van der Waals surface area contributed by atoms with Crippen molar-refractivity contribution in [2.45, 2.75) is 41.2 Å². The first-order valence-corrected chi connectivity index (χ1v) is 11.6. The van der Waals surface area contributed by atoms with Gasteiger partial charge in [0.05, 0.1) is 10.9 Å². The third-order valence-corrected chi connectivity index (χ3v) is 7.75. The van der Waals surface area contributed by atoms with Crippen molar-refractivity contribution in [2.75, 3.05) is 0 Å². The average Bonchev–Trinajstić information content (AvgIpc) is 3.00. The van der Waals surface area contributed by atoms with Crippen molar-refractivity contribution in [3.63, 3.8) is 0 Å². The number of ether oxygens (including phenoxy) is 1. The van der Waals surface area contributed by atoms with Gasteiger partial charge in [0, 0.05) is 22.3 Å². The number of benzene rings is 2. The summed E-state index contributed by atoms with van der Waals surface area (Å²) in [4.78, 5) is 14.1. The van der Waals surface area contributed by atoms with Crippen LogP contribution in [0.4, 0.5) is 0 Å². The third-order valence-electron chi connectivity index (χ3n) is 5.07. The summed E-state index contributed by atoms with van der Waals surface area (Å²) in [5, 5.41) is 0. The van der Waals surface area contributed by atoms with Gasteiger partial charge in [-0.25, -0.2) is 17.9 Å². The van der Waals surface area contributed by atoms with Crippen LogP contribution in [0.3, 0.4) is 0 Å². The lowest BCUT2D eigenvalue weighted by Gasteiger charge is -2.39. The molecule has 7 heteroatoms. The van der Waals surface area contributed by atoms with Crippen LogP contribution in [-0.4, -0.2) is 26.0 Å². The Kier molecular flexibility index (Phi) is 5.38. The summed E-state index contributed by atoms with van der Waals surface area (Å²) in [6.07, 6.45) is 6.19. The van der Waals surface area contributed by atoms with E-state index < -0.39 is 27.6 Å². The summed E-state index contributed by atoms with van der Waals surface area (Å²) in [5.41, 5.74) is -0.0559. The van der Waals surface area contributed by atoms with Crippen molar-refractivity contribution >= 4 is 27.8 Å². The van der Waals surface area contributed by atoms with E-state index in [-0.39, 0.29) is 4.90 Å². The second-order valence-corrected chi connectivity index (χ2v) is 9.96. The fourth-order valence-corrected chi connectivity index (χ4v) is 5.98. The Bertz CT molecular complexity index is 1080. The number of carbonyl (C=O) groups excluding carboxylic acids is 1. The average molecular weight is 428 g/mol. The van der Waals surface area contributed by atoms with Crippen LogP contribution in [0.15, 0.2) is 87.5 Å². The van der Waals surface area contributed by atoms with E-state index in [1.807, 2.05) is 49.4 Å². The van der Waals surface area contributed by atoms with Gasteiger partial charge in [-0.2, -0.15) is 0 Å². The number of hydrogen-bond donors (Lipinski definition) is 1. The molecule has 2 aromatic carbocycles. The SMILES string of the molecule is Cc1ccc(S(=O)(=O)N[C@H]2CC=CC[C@]23OC(=O)C=C3Sc2ccccc2)cc1. The van der Waals surface area contributed by atoms with Crippen LogP contribution in [0, 0.1) is 6.92 Å². The van der Waals surface area contributed by atoms with E-state index in [1.165, 1.54) is 17.8 Å². The number of carbonyl (C=O) groups is 1. The summed E-state index contributed by atoms with van der Waals surface area (Å²) in [6, 6.07) is 15.8. The molecule has 0 amide bonds. The Morgan fingerprint density at radius 2 is 1.79 bits per heavy atom. The maximum Gasteiger partial charge on any atom is 0.332 e. The Labute approximate surface area is 174 Å². The van der Waals surface area contributed by atoms with Crippen molar-refractivity contribution in [1.82, 2.24) is 4.72 Å². The molecule has 2 aromatic rings. The van der Waals surface area contributed by atoms with Gasteiger partial charge < -0.3 is 4.74 Å². The standard InChI is InChI=1S/C22H21NO4S2/c1-16-10-12-18(13-11-16)29(25,26)23-19-9-5-6-14-22(19)20(15-21(24)27-22)28-17-7-3-2-4-8-17/h2-8,10-13,15,19,23H,9,14H2,1H3/t19-,22-/m0/s1. The van der Waals surface area contributed by atoms with E-state index in [4.69, 9.17) is 4.74 Å². The minimum absolute atomic E-state index is 0.193. The van der Waals surface area contributed by atoms with Gasteiger partial charge in [0.15, 0.2) is 5.60 Å². The molecule has 1 heterocycles. The second kappa shape index (κ2) is 7.82. The monoisotopic (exact) mass is 427 g/mol. The van der Waals surface area contributed by atoms with Crippen molar-refractivity contribution in [3.05, 3.63) is 83.3 Å². The number of nitrogens with one attached hydrogen (secondary N) is 1. The summed E-state index contributed by atoms with van der Waals surface area (Å²) in [7, 11) is -3.77. The summed E-state index contributed by atoms with van der Waals surface area (Å²) in [5.74, 6) is -0.446. The highest BCUT2D eigenvalue weighted by atomic mass is 32.2. The largest absolute Gasteiger partial charge is 0.448 e. The summed E-state index contributed by atoms with van der Waals surface area (Å²) in [6.45, 7) is 1.90. The van der Waals surface area contributed by atoms with E-state index in [0.717, 1.165) is 15.4 Å². The molecule has 0 bridgehead atoms. The van der Waals surface area contributed by atoms with Gasteiger partial charge in [0.1, 0.15) is 0 Å². The lowest BCUT2D eigenvalue weighted by atomic mass is 9.85. The summed E-state index contributed by atoms with van der Waals surface area (Å²) < 4.78 is 34.5. The molecule has 0 radical (unpaired) electrons. The van der Waals surface area contributed by atoms with Gasteiger partial charge in [0.2, 0.25) is 10.0 Å². The van der Waals surface area contributed by atoms with Crippen LogP contribution in [0.2, 0.25) is 0 Å². The molecule has 0 aromatic heterocycles. The zero-order valence-corrected chi connectivity index (χ0v) is 17.5. The molecule has 1 spiro atoms. The van der Waals surface area contributed by atoms with Crippen LogP contribution >= 0.6 is 11.8 Å². The van der Waals surface area contributed by atoms with E-state index in [0.29, 0.717) is 12.8 Å². The molecular weight excluding hydrogens is 406 g/mol. The molecule has 0 saturated heterocycles. The van der Waals surface area contributed by atoms with E-state index in [9.17, 15) is 13.2 Å². The lowest BCUT2D eigenvalue weighted by molar-refractivity contribution is -0.147. The lowest BCUT2D eigenvalue weighted by Crippen LogP contribution is -2.54. The first-order chi connectivity index (χ1) is 13.9. The Balaban J connectivity index is 1.66. The van der Waals surface area contributed by atoms with E-state index in [1.54, 1.807) is 24.3 Å². The van der Waals surface area contributed by atoms with Gasteiger partial charge in [-0.3, -0.25) is 0 Å². The quantitative estimate of drug-likeness (QED) is 0.578. The molecule has 5 nitrogen and oxygen atoms in total. The second-order valence-electron chi connectivity index (χ2n) is 7.13. The highest BCUT2D eigenvalue weighted by molar-refractivity contribution is 8.03. The van der Waals surface area contributed by atoms with Gasteiger partial charge in [-0.15, -0.1) is 0 Å². The molecule has 1 aliphatic heterocycles. The predicted octanol–water partition coefficient (Wildman–Crippen LogP) is 3.96. The van der Waals surface area contributed by atoms with Crippen LogP contribution in [0.1, 0.15) is 18.4 Å². The molecule has 0 fully saturated rings. The smallest absolute Gasteiger partial charge is 0.332 e. The topological polar surface area (TPSA) is 72.5 Å². The third kappa shape index (κ3) is 4.03. The number of aryl methyl sites for hydroxylation is 1. The first kappa shape index (κ1) is 19.9. The maximum atomic E-state index is 13.0. The van der Waals surface area contributed by atoms with Gasteiger partial charge in [-0.1, -0.05) is 59.8 Å². The first-order valence-electron chi connectivity index (χ1n) is 9.31. The zero-order valence-electron chi connectivity index (χ0n) is 15.9. The Morgan fingerprint density at radius 3 is 2.52 bits per heavy atom. The number of thioether (sulfide) groups is 1. The van der Waals surface area contributed by atoms with E-state index >= 15 is 0 Å². The van der Waals surface area contributed by atoms with Crippen molar-refractivity contribution in [1.29, 1.82) is 0 Å². The highest BCUT2D eigenvalue weighted by Gasteiger charge is 2.51. The van der Waals surface area contributed by atoms with Crippen LogP contribution < -0.4 is 4.72 Å². The maximum absolute atomic E-state index is 13.0. The highest BCUT2D eigenvalue weighted by Crippen LogP contribution is 2.47. The van der Waals surface area contributed by atoms with Crippen molar-refractivity contribution in [3.8, 4) is 0 Å². The Morgan fingerprint density at radius 1 is 1.07 bits per heavy atom. The number of sulfonamides is 1. The van der Waals surface area contributed by atoms with Crippen molar-refractivity contribution in [2.24, 2.45) is 0 Å². The molecule has 29 heavy (non-hydrogen) atoms. The molecule has 2 atom stereocenters. The van der Waals surface area contributed by atoms with Crippen molar-refractivity contribution < 1.29 is 17.9 Å². The van der Waals surface area contributed by atoms with Crippen LogP contribution in [0.5, 0.6) is 0 Å². The molecule has 0 unspecified atom stereocenters. The minimum atomic E-state index is -3.77. The predicted molar refractivity (Wildman–Crippen MR) is 113 cm³/mol. The van der Waals surface area contributed by atoms with Crippen LogP contribution in [-0.2, 0) is 19.6 Å². The number of rotatable bonds is 5. The Hall–Kier alpha value is -2.35. The molecule has 150 valence electrons. The molecular formula is C22H21NO4S2. The van der Waals surface area contributed by atoms with Gasteiger partial charge in [0.25, 0.3) is 0 Å². The molecule has 2 aliphatic rings. The fraction of sp³-hybridized carbons (Fsp3) is 0.227. The molecule has 4 rings (SSSR count). The van der Waals surface area contributed by atoms with Gasteiger partial charge in [-0.05, 0) is 37.6 Å². The fourth-order valence-electron chi connectivity index (χ4n) is 3.54. The van der Waals surface area contributed by atoms with E-state index in [2.05, 4.69) is 4.72 Å².